The largest absolute Gasteiger partial charge is 0.469 e. The molecule has 0 aliphatic heterocycles. The molecule has 0 aliphatic carbocycles. The van der Waals surface area contributed by atoms with Gasteiger partial charge in [-0.3, -0.25) is 0 Å². The lowest BCUT2D eigenvalue weighted by atomic mass is 10.0. The molecule has 0 saturated heterocycles. The molecular formula is C14H16O. The number of aryl methyl sites for hydroxylation is 2. The summed E-state index contributed by atoms with van der Waals surface area (Å²) in [5.41, 5.74) is 4.04. The van der Waals surface area contributed by atoms with Gasteiger partial charge in [0.05, 0.1) is 6.26 Å². The normalized spacial score (nSPS) is 10.5. The van der Waals surface area contributed by atoms with Crippen LogP contribution in [0.1, 0.15) is 29.4 Å². The Morgan fingerprint density at radius 1 is 1.13 bits per heavy atom. The Bertz CT molecular complexity index is 440. The zero-order chi connectivity index (χ0) is 10.7. The minimum Gasteiger partial charge on any atom is -0.469 e. The maximum Gasteiger partial charge on any atom is 0.104 e. The van der Waals surface area contributed by atoms with E-state index in [0.717, 1.165) is 18.6 Å². The molecule has 0 fully saturated rings. The lowest BCUT2D eigenvalue weighted by molar-refractivity contribution is 0.530. The summed E-state index contributed by atoms with van der Waals surface area (Å²) in [6, 6.07) is 10.8. The Morgan fingerprint density at radius 2 is 1.93 bits per heavy atom. The average molecular weight is 200 g/mol. The summed E-state index contributed by atoms with van der Waals surface area (Å²) in [5.74, 6) is 1.02. The number of hydrogen-bond donors (Lipinski definition) is 0. The first-order valence-corrected chi connectivity index (χ1v) is 5.40. The minimum atomic E-state index is 0.968. The average Bonchev–Trinajstić information content (AvgIpc) is 2.65. The third-order valence-electron chi connectivity index (χ3n) is 2.76. The van der Waals surface area contributed by atoms with Crippen molar-refractivity contribution in [3.63, 3.8) is 0 Å². The van der Waals surface area contributed by atoms with Crippen molar-refractivity contribution < 1.29 is 4.42 Å². The van der Waals surface area contributed by atoms with Gasteiger partial charge in [-0.25, -0.2) is 0 Å². The van der Waals surface area contributed by atoms with Crippen LogP contribution >= 0.6 is 0 Å². The van der Waals surface area contributed by atoms with E-state index in [1.807, 2.05) is 13.0 Å². The topological polar surface area (TPSA) is 13.1 Å². The molecule has 15 heavy (non-hydrogen) atoms. The second-order valence-corrected chi connectivity index (χ2v) is 3.85. The van der Waals surface area contributed by atoms with Gasteiger partial charge >= 0.3 is 0 Å². The first kappa shape index (κ1) is 10.0. The monoisotopic (exact) mass is 200 g/mol. The molecule has 1 nitrogen and oxygen atoms in total. The Hall–Kier alpha value is -1.50. The van der Waals surface area contributed by atoms with Crippen LogP contribution in [-0.4, -0.2) is 0 Å². The molecule has 1 heteroatoms. The summed E-state index contributed by atoms with van der Waals surface area (Å²) in [5, 5.41) is 0. The van der Waals surface area contributed by atoms with Gasteiger partial charge in [-0.05, 0) is 36.1 Å². The molecule has 0 saturated carbocycles. The van der Waals surface area contributed by atoms with Gasteiger partial charge < -0.3 is 4.42 Å². The van der Waals surface area contributed by atoms with E-state index in [2.05, 4.69) is 31.2 Å². The summed E-state index contributed by atoms with van der Waals surface area (Å²) >= 11 is 0. The molecule has 0 N–H and O–H groups in total. The number of benzene rings is 1. The van der Waals surface area contributed by atoms with Gasteiger partial charge in [-0.1, -0.05) is 31.2 Å². The Kier molecular flexibility index (Phi) is 2.91. The SMILES string of the molecule is CCc1cccc(Cc2ccoc2C)c1. The molecular weight excluding hydrogens is 184 g/mol. The van der Waals surface area contributed by atoms with E-state index in [9.17, 15) is 0 Å². The summed E-state index contributed by atoms with van der Waals surface area (Å²) in [6.45, 7) is 4.20. The van der Waals surface area contributed by atoms with Crippen molar-refractivity contribution in [3.05, 3.63) is 59.0 Å². The van der Waals surface area contributed by atoms with Crippen molar-refractivity contribution in [2.45, 2.75) is 26.7 Å². The smallest absolute Gasteiger partial charge is 0.104 e. The van der Waals surface area contributed by atoms with Gasteiger partial charge in [0.25, 0.3) is 0 Å². The number of rotatable bonds is 3. The Labute approximate surface area is 90.7 Å². The summed E-state index contributed by atoms with van der Waals surface area (Å²) in [4.78, 5) is 0. The van der Waals surface area contributed by atoms with Crippen LogP contribution in [0.5, 0.6) is 0 Å². The lowest BCUT2D eigenvalue weighted by Crippen LogP contribution is -1.90. The fourth-order valence-corrected chi connectivity index (χ4v) is 1.77. The Balaban J connectivity index is 2.21. The highest BCUT2D eigenvalue weighted by Gasteiger charge is 2.02. The summed E-state index contributed by atoms with van der Waals surface area (Å²) < 4.78 is 5.29. The van der Waals surface area contributed by atoms with Crippen LogP contribution in [0.25, 0.3) is 0 Å². The van der Waals surface area contributed by atoms with Crippen LogP contribution in [0.3, 0.4) is 0 Å². The van der Waals surface area contributed by atoms with E-state index in [1.165, 1.54) is 16.7 Å². The van der Waals surface area contributed by atoms with Gasteiger partial charge in [0.15, 0.2) is 0 Å². The number of furan rings is 1. The molecule has 0 spiro atoms. The maximum absolute atomic E-state index is 5.29. The molecule has 1 heterocycles. The standard InChI is InChI=1S/C14H16O/c1-3-12-5-4-6-13(9-12)10-14-7-8-15-11(14)2/h4-9H,3,10H2,1-2H3. The molecule has 0 amide bonds. The third kappa shape index (κ3) is 2.30. The van der Waals surface area contributed by atoms with E-state index in [0.29, 0.717) is 0 Å². The zero-order valence-corrected chi connectivity index (χ0v) is 9.29. The highest BCUT2D eigenvalue weighted by atomic mass is 16.3. The predicted molar refractivity (Wildman–Crippen MR) is 62.1 cm³/mol. The van der Waals surface area contributed by atoms with Gasteiger partial charge in [0, 0.05) is 6.42 Å². The van der Waals surface area contributed by atoms with Crippen molar-refractivity contribution >= 4 is 0 Å². The quantitative estimate of drug-likeness (QED) is 0.735. The van der Waals surface area contributed by atoms with Crippen LogP contribution < -0.4 is 0 Å². The molecule has 0 radical (unpaired) electrons. The van der Waals surface area contributed by atoms with E-state index < -0.39 is 0 Å². The van der Waals surface area contributed by atoms with E-state index in [-0.39, 0.29) is 0 Å². The first-order valence-electron chi connectivity index (χ1n) is 5.40. The molecule has 2 aromatic rings. The van der Waals surface area contributed by atoms with Crippen molar-refractivity contribution in [1.82, 2.24) is 0 Å². The maximum atomic E-state index is 5.29. The van der Waals surface area contributed by atoms with Crippen LogP contribution in [-0.2, 0) is 12.8 Å². The van der Waals surface area contributed by atoms with Crippen LogP contribution in [0.4, 0.5) is 0 Å². The van der Waals surface area contributed by atoms with Crippen molar-refractivity contribution in [3.8, 4) is 0 Å². The molecule has 2 rings (SSSR count). The van der Waals surface area contributed by atoms with Crippen LogP contribution in [0.2, 0.25) is 0 Å². The first-order chi connectivity index (χ1) is 7.29. The molecule has 0 unspecified atom stereocenters. The molecule has 0 aliphatic rings. The van der Waals surface area contributed by atoms with Crippen molar-refractivity contribution in [1.29, 1.82) is 0 Å². The van der Waals surface area contributed by atoms with Crippen LogP contribution in [0, 0.1) is 6.92 Å². The summed E-state index contributed by atoms with van der Waals surface area (Å²) in [7, 11) is 0. The van der Waals surface area contributed by atoms with E-state index in [1.54, 1.807) is 6.26 Å². The molecule has 78 valence electrons. The van der Waals surface area contributed by atoms with Crippen molar-refractivity contribution in [2.24, 2.45) is 0 Å². The second-order valence-electron chi connectivity index (χ2n) is 3.85. The Morgan fingerprint density at radius 3 is 2.60 bits per heavy atom. The number of hydrogen-bond acceptors (Lipinski definition) is 1. The molecule has 0 bridgehead atoms. The fraction of sp³-hybridized carbons (Fsp3) is 0.286. The van der Waals surface area contributed by atoms with Gasteiger partial charge in [-0.15, -0.1) is 0 Å². The van der Waals surface area contributed by atoms with Gasteiger partial charge in [0.1, 0.15) is 5.76 Å². The van der Waals surface area contributed by atoms with Gasteiger partial charge in [-0.2, -0.15) is 0 Å². The molecule has 1 aromatic heterocycles. The lowest BCUT2D eigenvalue weighted by Gasteiger charge is -2.02. The highest BCUT2D eigenvalue weighted by Crippen LogP contribution is 2.15. The molecule has 1 aromatic carbocycles. The second kappa shape index (κ2) is 4.35. The van der Waals surface area contributed by atoms with E-state index in [4.69, 9.17) is 4.42 Å². The van der Waals surface area contributed by atoms with Crippen LogP contribution in [0.15, 0.2) is 41.0 Å². The zero-order valence-electron chi connectivity index (χ0n) is 9.29. The van der Waals surface area contributed by atoms with Crippen molar-refractivity contribution in [2.75, 3.05) is 0 Å². The predicted octanol–water partition coefficient (Wildman–Crippen LogP) is 3.74. The molecule has 0 atom stereocenters. The third-order valence-corrected chi connectivity index (χ3v) is 2.76. The van der Waals surface area contributed by atoms with Gasteiger partial charge in [0.2, 0.25) is 0 Å². The fourth-order valence-electron chi connectivity index (χ4n) is 1.77. The highest BCUT2D eigenvalue weighted by molar-refractivity contribution is 5.30. The minimum absolute atomic E-state index is 0.968. The summed E-state index contributed by atoms with van der Waals surface area (Å²) in [6.07, 6.45) is 3.82. The van der Waals surface area contributed by atoms with E-state index >= 15 is 0 Å².